The molecule has 24 heavy (non-hydrogen) atoms. The second kappa shape index (κ2) is 6.59. The summed E-state index contributed by atoms with van der Waals surface area (Å²) in [5.74, 6) is -0.486. The smallest absolute Gasteiger partial charge is 0.335 e. The summed E-state index contributed by atoms with van der Waals surface area (Å²) in [6.45, 7) is 2.02. The van der Waals surface area contributed by atoms with Crippen LogP contribution in [0.2, 0.25) is 0 Å². The zero-order valence-electron chi connectivity index (χ0n) is 13.0. The Bertz CT molecular complexity index is 990. The van der Waals surface area contributed by atoms with Crippen LogP contribution in [-0.2, 0) is 6.42 Å². The van der Waals surface area contributed by atoms with E-state index in [1.165, 1.54) is 23.5 Å². The molecule has 0 aliphatic carbocycles. The molecule has 6 heteroatoms. The van der Waals surface area contributed by atoms with Crippen molar-refractivity contribution in [2.24, 2.45) is 0 Å². The SMILES string of the molecule is CCc1cc(OCCO)c2sc3ccc(C(=O)O)cc3c(=O)c2c1. The zero-order valence-corrected chi connectivity index (χ0v) is 13.9. The van der Waals surface area contributed by atoms with E-state index in [-0.39, 0.29) is 24.2 Å². The van der Waals surface area contributed by atoms with Gasteiger partial charge >= 0.3 is 5.97 Å². The first kappa shape index (κ1) is 16.4. The Hall–Kier alpha value is -2.44. The standard InChI is InChI=1S/C18H16O5S/c1-2-10-7-13-16(20)12-9-11(18(21)22)3-4-15(12)24-17(13)14(8-10)23-6-5-19/h3-4,7-9,19H,2,5-6H2,1H3,(H,21,22). The average Bonchev–Trinajstić information content (AvgIpc) is 2.59. The minimum atomic E-state index is -1.06. The van der Waals surface area contributed by atoms with Gasteiger partial charge < -0.3 is 14.9 Å². The maximum atomic E-state index is 12.9. The van der Waals surface area contributed by atoms with Crippen molar-refractivity contribution in [3.63, 3.8) is 0 Å². The largest absolute Gasteiger partial charge is 0.490 e. The van der Waals surface area contributed by atoms with E-state index in [9.17, 15) is 9.59 Å². The number of aliphatic hydroxyl groups excluding tert-OH is 1. The van der Waals surface area contributed by atoms with Gasteiger partial charge in [0.05, 0.1) is 16.9 Å². The van der Waals surface area contributed by atoms with E-state index in [1.54, 1.807) is 6.07 Å². The molecule has 1 heterocycles. The lowest BCUT2D eigenvalue weighted by Crippen LogP contribution is -2.07. The molecule has 5 nitrogen and oxygen atoms in total. The first-order chi connectivity index (χ1) is 11.5. The van der Waals surface area contributed by atoms with Crippen LogP contribution < -0.4 is 10.2 Å². The quantitative estimate of drug-likeness (QED) is 0.695. The summed E-state index contributed by atoms with van der Waals surface area (Å²) >= 11 is 1.38. The number of carboxylic acid groups (broad SMARTS) is 1. The number of ether oxygens (including phenoxy) is 1. The van der Waals surface area contributed by atoms with Crippen molar-refractivity contribution >= 4 is 37.5 Å². The van der Waals surface area contributed by atoms with Crippen LogP contribution in [-0.4, -0.2) is 29.4 Å². The predicted molar refractivity (Wildman–Crippen MR) is 94.5 cm³/mol. The molecule has 0 amide bonds. The Morgan fingerprint density at radius 2 is 2.00 bits per heavy atom. The molecule has 0 bridgehead atoms. The number of aliphatic hydroxyl groups is 1. The van der Waals surface area contributed by atoms with Crippen molar-refractivity contribution in [2.75, 3.05) is 13.2 Å². The van der Waals surface area contributed by atoms with E-state index < -0.39 is 5.97 Å². The topological polar surface area (TPSA) is 83.8 Å². The Morgan fingerprint density at radius 1 is 1.21 bits per heavy atom. The monoisotopic (exact) mass is 344 g/mol. The first-order valence-corrected chi connectivity index (χ1v) is 8.37. The van der Waals surface area contributed by atoms with Gasteiger partial charge in [0, 0.05) is 15.5 Å². The maximum absolute atomic E-state index is 12.9. The number of aromatic carboxylic acids is 1. The van der Waals surface area contributed by atoms with E-state index in [0.29, 0.717) is 25.9 Å². The molecule has 1 aromatic heterocycles. The van der Waals surface area contributed by atoms with Crippen molar-refractivity contribution in [1.82, 2.24) is 0 Å². The molecule has 3 aromatic rings. The van der Waals surface area contributed by atoms with Crippen molar-refractivity contribution < 1.29 is 19.7 Å². The summed E-state index contributed by atoms with van der Waals surface area (Å²) in [6, 6.07) is 8.26. The fourth-order valence-electron chi connectivity index (χ4n) is 2.58. The molecule has 2 N–H and O–H groups in total. The second-order valence-corrected chi connectivity index (χ2v) is 6.40. The van der Waals surface area contributed by atoms with Crippen LogP contribution in [0.15, 0.2) is 35.1 Å². The molecule has 0 spiro atoms. The van der Waals surface area contributed by atoms with Gasteiger partial charge in [-0.05, 0) is 42.3 Å². The van der Waals surface area contributed by atoms with Crippen LogP contribution in [0.5, 0.6) is 5.75 Å². The molecular weight excluding hydrogens is 328 g/mol. The third kappa shape index (κ3) is 2.86. The molecule has 0 aliphatic rings. The molecule has 0 saturated heterocycles. The fraction of sp³-hybridized carbons (Fsp3) is 0.222. The molecule has 0 aliphatic heterocycles. The number of hydrogen-bond donors (Lipinski definition) is 2. The Balaban J connectivity index is 2.35. The molecular formula is C18H16O5S. The summed E-state index contributed by atoms with van der Waals surface area (Å²) < 4.78 is 7.02. The van der Waals surface area contributed by atoms with E-state index in [0.717, 1.165) is 12.0 Å². The number of carboxylic acids is 1. The molecule has 0 saturated carbocycles. The molecule has 0 fully saturated rings. The van der Waals surface area contributed by atoms with E-state index in [2.05, 4.69) is 0 Å². The van der Waals surface area contributed by atoms with Crippen LogP contribution in [0, 0.1) is 0 Å². The van der Waals surface area contributed by atoms with Crippen molar-refractivity contribution in [3.8, 4) is 5.75 Å². The lowest BCUT2D eigenvalue weighted by Gasteiger charge is -2.11. The number of aryl methyl sites for hydroxylation is 1. The van der Waals surface area contributed by atoms with Crippen LogP contribution >= 0.6 is 11.3 Å². The Morgan fingerprint density at radius 3 is 2.67 bits per heavy atom. The van der Waals surface area contributed by atoms with Crippen LogP contribution in [0.3, 0.4) is 0 Å². The minimum Gasteiger partial charge on any atom is -0.490 e. The fourth-order valence-corrected chi connectivity index (χ4v) is 3.68. The summed E-state index contributed by atoms with van der Waals surface area (Å²) in [7, 11) is 0. The first-order valence-electron chi connectivity index (χ1n) is 7.55. The van der Waals surface area contributed by atoms with Crippen molar-refractivity contribution in [2.45, 2.75) is 13.3 Å². The van der Waals surface area contributed by atoms with Crippen LogP contribution in [0.25, 0.3) is 20.2 Å². The van der Waals surface area contributed by atoms with Crippen LogP contribution in [0.4, 0.5) is 0 Å². The summed E-state index contributed by atoms with van der Waals surface area (Å²) in [5.41, 5.74) is 0.842. The van der Waals surface area contributed by atoms with E-state index in [1.807, 2.05) is 19.1 Å². The van der Waals surface area contributed by atoms with Gasteiger partial charge in [-0.2, -0.15) is 0 Å². The summed E-state index contributed by atoms with van der Waals surface area (Å²) in [6.07, 6.45) is 0.739. The molecule has 0 atom stereocenters. The molecule has 2 aromatic carbocycles. The highest BCUT2D eigenvalue weighted by molar-refractivity contribution is 7.24. The van der Waals surface area contributed by atoms with E-state index >= 15 is 0 Å². The lowest BCUT2D eigenvalue weighted by molar-refractivity contribution is 0.0697. The van der Waals surface area contributed by atoms with Gasteiger partial charge in [0.25, 0.3) is 0 Å². The number of carbonyl (C=O) groups is 1. The highest BCUT2D eigenvalue weighted by Crippen LogP contribution is 2.33. The second-order valence-electron chi connectivity index (χ2n) is 5.34. The Labute approximate surface area is 141 Å². The third-order valence-corrected chi connectivity index (χ3v) is 5.00. The zero-order chi connectivity index (χ0) is 17.3. The van der Waals surface area contributed by atoms with Gasteiger partial charge in [-0.1, -0.05) is 6.92 Å². The van der Waals surface area contributed by atoms with Crippen molar-refractivity contribution in [3.05, 3.63) is 51.7 Å². The number of benzene rings is 2. The highest BCUT2D eigenvalue weighted by Gasteiger charge is 2.14. The van der Waals surface area contributed by atoms with Gasteiger partial charge in [0.1, 0.15) is 12.4 Å². The van der Waals surface area contributed by atoms with Crippen LogP contribution in [0.1, 0.15) is 22.8 Å². The number of rotatable bonds is 5. The van der Waals surface area contributed by atoms with Gasteiger partial charge in [-0.3, -0.25) is 4.79 Å². The number of hydrogen-bond acceptors (Lipinski definition) is 5. The Kier molecular flexibility index (Phi) is 4.51. The van der Waals surface area contributed by atoms with Crippen molar-refractivity contribution in [1.29, 1.82) is 0 Å². The van der Waals surface area contributed by atoms with E-state index in [4.69, 9.17) is 14.9 Å². The number of fused-ring (bicyclic) bond motifs is 2. The van der Waals surface area contributed by atoms with Gasteiger partial charge in [0.2, 0.25) is 0 Å². The molecule has 3 rings (SSSR count). The lowest BCUT2D eigenvalue weighted by atomic mass is 10.1. The highest BCUT2D eigenvalue weighted by atomic mass is 32.1. The summed E-state index contributed by atoms with van der Waals surface area (Å²) in [4.78, 5) is 24.0. The molecule has 124 valence electrons. The molecule has 0 radical (unpaired) electrons. The van der Waals surface area contributed by atoms with Gasteiger partial charge in [-0.25, -0.2) is 4.79 Å². The normalized spacial score (nSPS) is 11.1. The third-order valence-electron chi connectivity index (χ3n) is 3.80. The molecule has 0 unspecified atom stereocenters. The van der Waals surface area contributed by atoms with Gasteiger partial charge in [0.15, 0.2) is 5.43 Å². The average molecular weight is 344 g/mol. The predicted octanol–water partition coefficient (Wildman–Crippen LogP) is 3.05. The van der Waals surface area contributed by atoms with Gasteiger partial charge in [-0.15, -0.1) is 11.3 Å². The minimum absolute atomic E-state index is 0.0922. The summed E-state index contributed by atoms with van der Waals surface area (Å²) in [5, 5.41) is 19.0. The maximum Gasteiger partial charge on any atom is 0.335 e.